The van der Waals surface area contributed by atoms with Gasteiger partial charge in [0, 0.05) is 23.7 Å². The van der Waals surface area contributed by atoms with Crippen LogP contribution in [0.4, 0.5) is 5.69 Å². The third kappa shape index (κ3) is 4.84. The van der Waals surface area contributed by atoms with E-state index >= 15 is 0 Å². The van der Waals surface area contributed by atoms with Crippen LogP contribution in [-0.4, -0.2) is 29.4 Å². The fraction of sp³-hybridized carbons (Fsp3) is 0.550. The van der Waals surface area contributed by atoms with Crippen molar-refractivity contribution in [2.75, 3.05) is 11.9 Å². The predicted molar refractivity (Wildman–Crippen MR) is 97.8 cm³/mol. The van der Waals surface area contributed by atoms with Crippen LogP contribution in [0, 0.1) is 17.8 Å². The summed E-state index contributed by atoms with van der Waals surface area (Å²) < 4.78 is 0. The smallest absolute Gasteiger partial charge is 0.305 e. The van der Waals surface area contributed by atoms with Crippen molar-refractivity contribution in [3.05, 3.63) is 29.8 Å². The van der Waals surface area contributed by atoms with Gasteiger partial charge in [-0.25, -0.2) is 0 Å². The fourth-order valence-electron chi connectivity index (χ4n) is 3.92. The first kappa shape index (κ1) is 18.4. The Bertz CT molecular complexity index is 665. The molecule has 2 fully saturated rings. The number of anilines is 1. The minimum atomic E-state index is -0.949. The third-order valence-corrected chi connectivity index (χ3v) is 5.47. The maximum absolute atomic E-state index is 12.4. The number of hydrogen-bond donors (Lipinski definition) is 3. The minimum Gasteiger partial charge on any atom is -0.481 e. The van der Waals surface area contributed by atoms with Crippen molar-refractivity contribution in [3.63, 3.8) is 0 Å². The van der Waals surface area contributed by atoms with Gasteiger partial charge in [0.2, 0.25) is 5.91 Å². The van der Waals surface area contributed by atoms with E-state index in [9.17, 15) is 14.4 Å². The number of carboxylic acids is 1. The molecule has 0 radical (unpaired) electrons. The largest absolute Gasteiger partial charge is 0.481 e. The number of carboxylic acid groups (broad SMARTS) is 1. The molecular weight excluding hydrogens is 332 g/mol. The number of rotatable bonds is 7. The molecule has 6 heteroatoms. The van der Waals surface area contributed by atoms with Gasteiger partial charge in [-0.15, -0.1) is 0 Å². The zero-order valence-corrected chi connectivity index (χ0v) is 14.9. The van der Waals surface area contributed by atoms with Crippen LogP contribution in [0.2, 0.25) is 0 Å². The maximum atomic E-state index is 12.4. The summed E-state index contributed by atoms with van der Waals surface area (Å²) in [4.78, 5) is 34.8. The van der Waals surface area contributed by atoms with Crippen LogP contribution in [0.25, 0.3) is 0 Å². The number of hydrogen-bond acceptors (Lipinski definition) is 3. The molecule has 0 bridgehead atoms. The molecule has 0 saturated heterocycles. The van der Waals surface area contributed by atoms with E-state index < -0.39 is 5.97 Å². The number of carbonyl (C=O) groups is 3. The van der Waals surface area contributed by atoms with E-state index in [4.69, 9.17) is 5.11 Å². The number of amides is 2. The zero-order valence-electron chi connectivity index (χ0n) is 14.9. The van der Waals surface area contributed by atoms with Crippen LogP contribution in [0.3, 0.4) is 0 Å². The van der Waals surface area contributed by atoms with E-state index in [1.807, 2.05) is 0 Å². The average Bonchev–Trinajstić information content (AvgIpc) is 3.43. The highest BCUT2D eigenvalue weighted by atomic mass is 16.4. The first-order valence-electron chi connectivity index (χ1n) is 9.45. The van der Waals surface area contributed by atoms with E-state index in [2.05, 4.69) is 10.6 Å². The lowest BCUT2D eigenvalue weighted by Gasteiger charge is -2.21. The number of aliphatic carboxylic acids is 1. The first-order valence-corrected chi connectivity index (χ1v) is 9.45. The monoisotopic (exact) mass is 358 g/mol. The molecule has 2 unspecified atom stereocenters. The Hall–Kier alpha value is -2.37. The van der Waals surface area contributed by atoms with Gasteiger partial charge in [-0.05, 0) is 42.5 Å². The lowest BCUT2D eigenvalue weighted by Crippen LogP contribution is -2.26. The van der Waals surface area contributed by atoms with E-state index in [1.54, 1.807) is 24.3 Å². The van der Waals surface area contributed by atoms with Gasteiger partial charge in [0.05, 0.1) is 6.42 Å². The third-order valence-electron chi connectivity index (χ3n) is 5.47. The quantitative estimate of drug-likeness (QED) is 0.698. The molecule has 1 aromatic carbocycles. The Morgan fingerprint density at radius 3 is 2.38 bits per heavy atom. The second-order valence-electron chi connectivity index (χ2n) is 7.37. The van der Waals surface area contributed by atoms with Gasteiger partial charge in [-0.1, -0.05) is 32.1 Å². The topological polar surface area (TPSA) is 95.5 Å². The normalized spacial score (nSPS) is 22.5. The van der Waals surface area contributed by atoms with Crippen molar-refractivity contribution >= 4 is 23.5 Å². The fourth-order valence-corrected chi connectivity index (χ4v) is 3.92. The van der Waals surface area contributed by atoms with Gasteiger partial charge >= 0.3 is 5.97 Å². The van der Waals surface area contributed by atoms with E-state index in [-0.39, 0.29) is 30.7 Å². The molecule has 3 N–H and O–H groups in total. The molecule has 2 aliphatic carbocycles. The molecule has 0 aromatic heterocycles. The molecule has 2 amide bonds. The van der Waals surface area contributed by atoms with Crippen molar-refractivity contribution in [2.45, 2.75) is 44.9 Å². The van der Waals surface area contributed by atoms with Crippen LogP contribution in [0.5, 0.6) is 0 Å². The second-order valence-corrected chi connectivity index (χ2v) is 7.37. The van der Waals surface area contributed by atoms with Crippen LogP contribution in [-0.2, 0) is 9.59 Å². The van der Waals surface area contributed by atoms with Crippen LogP contribution in [0.15, 0.2) is 24.3 Å². The van der Waals surface area contributed by atoms with Gasteiger partial charge in [-0.3, -0.25) is 14.4 Å². The molecule has 0 aliphatic heterocycles. The summed E-state index contributed by atoms with van der Waals surface area (Å²) in [5.41, 5.74) is 1.13. The highest BCUT2D eigenvalue weighted by molar-refractivity contribution is 5.97. The molecule has 2 aliphatic rings. The molecule has 26 heavy (non-hydrogen) atoms. The molecular formula is C20H26N2O4. The van der Waals surface area contributed by atoms with Crippen LogP contribution < -0.4 is 10.6 Å². The number of carbonyl (C=O) groups excluding carboxylic acids is 2. The van der Waals surface area contributed by atoms with Crippen molar-refractivity contribution < 1.29 is 19.5 Å². The second kappa shape index (κ2) is 8.34. The van der Waals surface area contributed by atoms with Gasteiger partial charge in [0.15, 0.2) is 0 Å². The Morgan fingerprint density at radius 1 is 1.04 bits per heavy atom. The Labute approximate surface area is 153 Å². The molecule has 2 saturated carbocycles. The lowest BCUT2D eigenvalue weighted by atomic mass is 9.85. The number of benzene rings is 1. The summed E-state index contributed by atoms with van der Waals surface area (Å²) in [5, 5.41) is 14.1. The summed E-state index contributed by atoms with van der Waals surface area (Å²) in [6.45, 7) is 0.0941. The molecule has 1 aromatic rings. The Balaban J connectivity index is 1.46. The molecule has 0 spiro atoms. The SMILES string of the molecule is O=C(O)CCNC(=O)c1ccc(NC(=O)C2CC2C2CCCCC2)cc1. The average molecular weight is 358 g/mol. The predicted octanol–water partition coefficient (Wildman–Crippen LogP) is 3.05. The summed E-state index contributed by atoms with van der Waals surface area (Å²) >= 11 is 0. The molecule has 0 heterocycles. The molecule has 140 valence electrons. The van der Waals surface area contributed by atoms with E-state index in [1.165, 1.54) is 32.1 Å². The van der Waals surface area contributed by atoms with Crippen molar-refractivity contribution in [1.29, 1.82) is 0 Å². The summed E-state index contributed by atoms with van der Waals surface area (Å²) in [6, 6.07) is 6.69. The number of nitrogens with one attached hydrogen (secondary N) is 2. The van der Waals surface area contributed by atoms with Crippen LogP contribution >= 0.6 is 0 Å². The van der Waals surface area contributed by atoms with E-state index in [0.717, 1.165) is 12.3 Å². The Morgan fingerprint density at radius 2 is 1.73 bits per heavy atom. The summed E-state index contributed by atoms with van der Waals surface area (Å²) in [7, 11) is 0. The van der Waals surface area contributed by atoms with Crippen molar-refractivity contribution in [3.8, 4) is 0 Å². The van der Waals surface area contributed by atoms with Gasteiger partial charge in [0.25, 0.3) is 5.91 Å². The van der Waals surface area contributed by atoms with Gasteiger partial charge in [0.1, 0.15) is 0 Å². The zero-order chi connectivity index (χ0) is 18.5. The summed E-state index contributed by atoms with van der Waals surface area (Å²) in [6.07, 6.45) is 7.34. The highest BCUT2D eigenvalue weighted by Gasteiger charge is 2.47. The molecule has 6 nitrogen and oxygen atoms in total. The first-order chi connectivity index (χ1) is 12.5. The molecule has 3 rings (SSSR count). The van der Waals surface area contributed by atoms with Gasteiger partial charge in [-0.2, -0.15) is 0 Å². The molecule has 2 atom stereocenters. The minimum absolute atomic E-state index is 0.0826. The maximum Gasteiger partial charge on any atom is 0.305 e. The standard InChI is InChI=1S/C20H26N2O4/c23-18(24)10-11-21-19(25)14-6-8-15(9-7-14)22-20(26)17-12-16(17)13-4-2-1-3-5-13/h6-9,13,16-17H,1-5,10-12H2,(H,21,25)(H,22,26)(H,23,24). The van der Waals surface area contributed by atoms with Crippen LogP contribution in [0.1, 0.15) is 55.3 Å². The Kier molecular flexibility index (Phi) is 5.91. The lowest BCUT2D eigenvalue weighted by molar-refractivity contribution is -0.136. The van der Waals surface area contributed by atoms with Crippen molar-refractivity contribution in [1.82, 2.24) is 5.32 Å². The van der Waals surface area contributed by atoms with Gasteiger partial charge < -0.3 is 15.7 Å². The summed E-state index contributed by atoms with van der Waals surface area (Å²) in [5.74, 6) is 0.223. The van der Waals surface area contributed by atoms with E-state index in [0.29, 0.717) is 17.2 Å². The highest BCUT2D eigenvalue weighted by Crippen LogP contribution is 2.49. The van der Waals surface area contributed by atoms with Crippen molar-refractivity contribution in [2.24, 2.45) is 17.8 Å².